The predicted octanol–water partition coefficient (Wildman–Crippen LogP) is 3.46. The minimum absolute atomic E-state index is 0.0827. The minimum atomic E-state index is -0.419. The summed E-state index contributed by atoms with van der Waals surface area (Å²) in [6.45, 7) is 1.95. The smallest absolute Gasteiger partial charge is 0.326 e. The molecule has 0 saturated carbocycles. The molecule has 23 heavy (non-hydrogen) atoms. The maximum atomic E-state index is 12.2. The summed E-state index contributed by atoms with van der Waals surface area (Å²) in [6.07, 6.45) is 0.270. The van der Waals surface area contributed by atoms with E-state index in [4.69, 9.17) is 16.3 Å². The zero-order valence-electron chi connectivity index (χ0n) is 12.7. The van der Waals surface area contributed by atoms with Gasteiger partial charge in [0.15, 0.2) is 0 Å². The van der Waals surface area contributed by atoms with Crippen molar-refractivity contribution < 1.29 is 14.3 Å². The zero-order chi connectivity index (χ0) is 16.4. The molecule has 0 radical (unpaired) electrons. The van der Waals surface area contributed by atoms with Gasteiger partial charge in [-0.05, 0) is 30.2 Å². The standard InChI is InChI=1S/C18H16ClNO3/c1-2-23-18(22)11-20-16-10-15(19)14(8-13(16)9-17(20)21)12-6-4-3-5-7-12/h3-8,10H,2,9,11H2,1H3. The topological polar surface area (TPSA) is 46.6 Å². The van der Waals surface area contributed by atoms with Crippen molar-refractivity contribution >= 4 is 29.2 Å². The summed E-state index contributed by atoms with van der Waals surface area (Å²) in [5, 5.41) is 0.554. The maximum Gasteiger partial charge on any atom is 0.326 e. The number of hydrogen-bond donors (Lipinski definition) is 0. The fourth-order valence-electron chi connectivity index (χ4n) is 2.74. The third-order valence-electron chi connectivity index (χ3n) is 3.78. The number of rotatable bonds is 4. The van der Waals surface area contributed by atoms with Gasteiger partial charge >= 0.3 is 5.97 Å². The molecule has 5 heteroatoms. The van der Waals surface area contributed by atoms with Crippen LogP contribution in [-0.4, -0.2) is 25.0 Å². The molecule has 0 spiro atoms. The molecule has 1 aliphatic heterocycles. The Hall–Kier alpha value is -2.33. The van der Waals surface area contributed by atoms with E-state index in [9.17, 15) is 9.59 Å². The van der Waals surface area contributed by atoms with Crippen molar-refractivity contribution in [1.82, 2.24) is 0 Å². The zero-order valence-corrected chi connectivity index (χ0v) is 13.5. The van der Waals surface area contributed by atoms with E-state index in [2.05, 4.69) is 0 Å². The lowest BCUT2D eigenvalue weighted by molar-refractivity contribution is -0.142. The van der Waals surface area contributed by atoms with E-state index in [0.29, 0.717) is 17.3 Å². The molecule has 1 aliphatic rings. The van der Waals surface area contributed by atoms with E-state index in [-0.39, 0.29) is 18.9 Å². The Morgan fingerprint density at radius 1 is 1.26 bits per heavy atom. The average molecular weight is 330 g/mol. The molecule has 2 aromatic carbocycles. The lowest BCUT2D eigenvalue weighted by atomic mass is 10.0. The second kappa shape index (κ2) is 6.42. The molecule has 0 aromatic heterocycles. The van der Waals surface area contributed by atoms with Gasteiger partial charge in [-0.25, -0.2) is 0 Å². The lowest BCUT2D eigenvalue weighted by Gasteiger charge is -2.17. The fraction of sp³-hybridized carbons (Fsp3) is 0.222. The fourth-order valence-corrected chi connectivity index (χ4v) is 3.01. The highest BCUT2D eigenvalue weighted by Gasteiger charge is 2.30. The van der Waals surface area contributed by atoms with Crippen molar-refractivity contribution in [3.05, 3.63) is 53.1 Å². The van der Waals surface area contributed by atoms with Crippen molar-refractivity contribution in [2.24, 2.45) is 0 Å². The van der Waals surface area contributed by atoms with Gasteiger partial charge in [-0.3, -0.25) is 9.59 Å². The molecule has 0 saturated heterocycles. The summed E-state index contributed by atoms with van der Waals surface area (Å²) in [6, 6.07) is 13.4. The van der Waals surface area contributed by atoms with Crippen LogP contribution in [0.25, 0.3) is 11.1 Å². The molecule has 0 unspecified atom stereocenters. The lowest BCUT2D eigenvalue weighted by Crippen LogP contribution is -2.33. The molecule has 0 N–H and O–H groups in total. The number of fused-ring (bicyclic) bond motifs is 1. The highest BCUT2D eigenvalue weighted by molar-refractivity contribution is 6.34. The second-order valence-electron chi connectivity index (χ2n) is 5.29. The number of esters is 1. The molecule has 3 rings (SSSR count). The van der Waals surface area contributed by atoms with Crippen molar-refractivity contribution in [2.45, 2.75) is 13.3 Å². The summed E-state index contributed by atoms with van der Waals surface area (Å²) >= 11 is 6.40. The quantitative estimate of drug-likeness (QED) is 0.807. The van der Waals surface area contributed by atoms with Gasteiger partial charge < -0.3 is 9.64 Å². The van der Waals surface area contributed by atoms with Gasteiger partial charge in [0.25, 0.3) is 0 Å². The number of ether oxygens (including phenoxy) is 1. The maximum absolute atomic E-state index is 12.2. The van der Waals surface area contributed by atoms with Crippen molar-refractivity contribution in [3.8, 4) is 11.1 Å². The second-order valence-corrected chi connectivity index (χ2v) is 5.70. The highest BCUT2D eigenvalue weighted by atomic mass is 35.5. The molecule has 4 nitrogen and oxygen atoms in total. The van der Waals surface area contributed by atoms with Crippen molar-refractivity contribution in [3.63, 3.8) is 0 Å². The van der Waals surface area contributed by atoms with Crippen LogP contribution in [0.2, 0.25) is 5.02 Å². The van der Waals surface area contributed by atoms with Gasteiger partial charge in [0.05, 0.1) is 18.1 Å². The summed E-state index contributed by atoms with van der Waals surface area (Å²) in [5.41, 5.74) is 3.45. The summed E-state index contributed by atoms with van der Waals surface area (Å²) in [7, 11) is 0. The van der Waals surface area contributed by atoms with E-state index in [0.717, 1.165) is 16.7 Å². The third-order valence-corrected chi connectivity index (χ3v) is 4.09. The van der Waals surface area contributed by atoms with Crippen molar-refractivity contribution in [1.29, 1.82) is 0 Å². The molecule has 0 bridgehead atoms. The minimum Gasteiger partial charge on any atom is -0.465 e. The Balaban J connectivity index is 1.95. The van der Waals surface area contributed by atoms with Crippen LogP contribution < -0.4 is 4.90 Å². The number of carbonyl (C=O) groups is 2. The van der Waals surface area contributed by atoms with Crippen LogP contribution in [0.3, 0.4) is 0 Å². The molecule has 1 amide bonds. The average Bonchev–Trinajstić information content (AvgIpc) is 2.83. The predicted molar refractivity (Wildman–Crippen MR) is 89.6 cm³/mol. The van der Waals surface area contributed by atoms with Crippen LogP contribution in [-0.2, 0) is 20.7 Å². The molecule has 2 aromatic rings. The van der Waals surface area contributed by atoms with Crippen LogP contribution >= 0.6 is 11.6 Å². The first kappa shape index (κ1) is 15.6. The van der Waals surface area contributed by atoms with E-state index >= 15 is 0 Å². The number of halogens is 1. The molecule has 118 valence electrons. The number of benzene rings is 2. The van der Waals surface area contributed by atoms with Crippen LogP contribution in [0, 0.1) is 0 Å². The van der Waals surface area contributed by atoms with E-state index < -0.39 is 5.97 Å². The van der Waals surface area contributed by atoms with Gasteiger partial charge in [-0.2, -0.15) is 0 Å². The molecular weight excluding hydrogens is 314 g/mol. The Morgan fingerprint density at radius 3 is 2.70 bits per heavy atom. The van der Waals surface area contributed by atoms with Crippen molar-refractivity contribution in [2.75, 3.05) is 18.1 Å². The molecule has 1 heterocycles. The summed E-state index contributed by atoms with van der Waals surface area (Å²) in [4.78, 5) is 25.3. The van der Waals surface area contributed by atoms with Crippen LogP contribution in [0.4, 0.5) is 5.69 Å². The number of carbonyl (C=O) groups excluding carboxylic acids is 2. The number of hydrogen-bond acceptors (Lipinski definition) is 3. The molecule has 0 atom stereocenters. The van der Waals surface area contributed by atoms with E-state index in [1.807, 2.05) is 36.4 Å². The largest absolute Gasteiger partial charge is 0.465 e. The summed E-state index contributed by atoms with van der Waals surface area (Å²) < 4.78 is 4.92. The summed E-state index contributed by atoms with van der Waals surface area (Å²) in [5.74, 6) is -0.536. The third kappa shape index (κ3) is 3.08. The Bertz CT molecular complexity index is 758. The van der Waals surface area contributed by atoms with Crippen LogP contribution in [0.5, 0.6) is 0 Å². The van der Waals surface area contributed by atoms with Gasteiger partial charge in [-0.1, -0.05) is 41.9 Å². The first-order valence-electron chi connectivity index (χ1n) is 7.44. The number of anilines is 1. The van der Waals surface area contributed by atoms with E-state index in [1.54, 1.807) is 13.0 Å². The Kier molecular flexibility index (Phi) is 4.35. The Labute approximate surface area is 139 Å². The molecular formula is C18H16ClNO3. The normalized spacial score (nSPS) is 13.1. The highest BCUT2D eigenvalue weighted by Crippen LogP contribution is 2.38. The number of amides is 1. The number of nitrogens with zero attached hydrogens (tertiary/aromatic N) is 1. The van der Waals surface area contributed by atoms with E-state index in [1.165, 1.54) is 4.90 Å². The van der Waals surface area contributed by atoms with Crippen LogP contribution in [0.1, 0.15) is 12.5 Å². The molecule has 0 fully saturated rings. The van der Waals surface area contributed by atoms with Gasteiger partial charge in [0.2, 0.25) is 5.91 Å². The Morgan fingerprint density at radius 2 is 2.00 bits per heavy atom. The molecule has 0 aliphatic carbocycles. The van der Waals surface area contributed by atoms with Gasteiger partial charge in [0.1, 0.15) is 6.54 Å². The SMILES string of the molecule is CCOC(=O)CN1C(=O)Cc2cc(-c3ccccc3)c(Cl)cc21. The monoisotopic (exact) mass is 329 g/mol. The van der Waals surface area contributed by atoms with Gasteiger partial charge in [0, 0.05) is 11.3 Å². The van der Waals surface area contributed by atoms with Gasteiger partial charge in [-0.15, -0.1) is 0 Å². The van der Waals surface area contributed by atoms with Crippen LogP contribution in [0.15, 0.2) is 42.5 Å². The first-order chi connectivity index (χ1) is 11.1. The first-order valence-corrected chi connectivity index (χ1v) is 7.81.